The van der Waals surface area contributed by atoms with Gasteiger partial charge < -0.3 is 4.74 Å². The van der Waals surface area contributed by atoms with Crippen molar-refractivity contribution in [2.45, 2.75) is 6.61 Å². The molecule has 1 heterocycles. The van der Waals surface area contributed by atoms with E-state index < -0.39 is 0 Å². The average molecular weight is 248 g/mol. The Morgan fingerprint density at radius 2 is 1.94 bits per heavy atom. The van der Waals surface area contributed by atoms with Crippen LogP contribution in [0.1, 0.15) is 16.1 Å². The van der Waals surface area contributed by atoms with Gasteiger partial charge in [0.25, 0.3) is 0 Å². The number of nitrogens with zero attached hydrogens (tertiary/aromatic N) is 1. The van der Waals surface area contributed by atoms with Gasteiger partial charge in [-0.25, -0.2) is 4.98 Å². The van der Waals surface area contributed by atoms with Crippen molar-refractivity contribution >= 4 is 17.9 Å². The molecule has 0 spiro atoms. The van der Waals surface area contributed by atoms with Crippen molar-refractivity contribution in [2.24, 2.45) is 0 Å². The van der Waals surface area contributed by atoms with Crippen LogP contribution in [0.3, 0.4) is 0 Å². The number of carbonyl (C=O) groups is 1. The molecule has 0 aliphatic carbocycles. The molecule has 0 bridgehead atoms. The minimum Gasteiger partial charge on any atom is -0.487 e. The van der Waals surface area contributed by atoms with Gasteiger partial charge in [-0.1, -0.05) is 17.7 Å². The Labute approximate surface area is 104 Å². The molecule has 0 fully saturated rings. The number of benzene rings is 1. The number of pyridine rings is 1. The third-order valence-corrected chi connectivity index (χ3v) is 2.39. The summed E-state index contributed by atoms with van der Waals surface area (Å²) in [4.78, 5) is 14.6. The molecule has 17 heavy (non-hydrogen) atoms. The first-order chi connectivity index (χ1) is 8.28. The molecule has 4 heteroatoms. The van der Waals surface area contributed by atoms with E-state index in [1.54, 1.807) is 30.3 Å². The number of aldehydes is 1. The highest BCUT2D eigenvalue weighted by atomic mass is 35.5. The predicted molar refractivity (Wildman–Crippen MR) is 65.4 cm³/mol. The van der Waals surface area contributed by atoms with Gasteiger partial charge in [-0.2, -0.15) is 0 Å². The Hall–Kier alpha value is -1.87. The average Bonchev–Trinajstić information content (AvgIpc) is 2.37. The van der Waals surface area contributed by atoms with Crippen LogP contribution in [0, 0.1) is 0 Å². The first kappa shape index (κ1) is 11.6. The number of halogens is 1. The lowest BCUT2D eigenvalue weighted by Gasteiger charge is -2.05. The van der Waals surface area contributed by atoms with Gasteiger partial charge in [-0.05, 0) is 36.4 Å². The SMILES string of the molecule is O=Cc1ccc(OCc2cccc(Cl)n2)cc1. The summed E-state index contributed by atoms with van der Waals surface area (Å²) in [5, 5.41) is 0.447. The molecule has 0 atom stereocenters. The second-order valence-electron chi connectivity index (χ2n) is 3.43. The Morgan fingerprint density at radius 1 is 1.18 bits per heavy atom. The molecular weight excluding hydrogens is 238 g/mol. The lowest BCUT2D eigenvalue weighted by molar-refractivity contribution is 0.112. The molecule has 2 rings (SSSR count). The van der Waals surface area contributed by atoms with E-state index in [1.165, 1.54) is 0 Å². The van der Waals surface area contributed by atoms with Gasteiger partial charge in [-0.3, -0.25) is 4.79 Å². The van der Waals surface area contributed by atoms with Crippen LogP contribution in [0.15, 0.2) is 42.5 Å². The molecule has 0 amide bonds. The summed E-state index contributed by atoms with van der Waals surface area (Å²) in [6, 6.07) is 12.3. The summed E-state index contributed by atoms with van der Waals surface area (Å²) in [7, 11) is 0. The normalized spacial score (nSPS) is 9.94. The lowest BCUT2D eigenvalue weighted by Crippen LogP contribution is -1.98. The topological polar surface area (TPSA) is 39.2 Å². The van der Waals surface area contributed by atoms with Gasteiger partial charge >= 0.3 is 0 Å². The highest BCUT2D eigenvalue weighted by Crippen LogP contribution is 2.13. The largest absolute Gasteiger partial charge is 0.487 e. The zero-order chi connectivity index (χ0) is 12.1. The van der Waals surface area contributed by atoms with Crippen LogP contribution in [0.4, 0.5) is 0 Å². The summed E-state index contributed by atoms with van der Waals surface area (Å²) < 4.78 is 5.51. The second kappa shape index (κ2) is 5.46. The number of carbonyl (C=O) groups excluding carboxylic acids is 1. The molecule has 0 saturated carbocycles. The Balaban J connectivity index is 1.99. The summed E-state index contributed by atoms with van der Waals surface area (Å²) in [6.07, 6.45) is 0.794. The third-order valence-electron chi connectivity index (χ3n) is 2.18. The quantitative estimate of drug-likeness (QED) is 0.616. The molecule has 86 valence electrons. The van der Waals surface area contributed by atoms with Gasteiger partial charge in [-0.15, -0.1) is 0 Å². The van der Waals surface area contributed by atoms with Crippen molar-refractivity contribution in [3.63, 3.8) is 0 Å². The second-order valence-corrected chi connectivity index (χ2v) is 3.81. The number of hydrogen-bond donors (Lipinski definition) is 0. The maximum Gasteiger partial charge on any atom is 0.150 e. The molecule has 3 nitrogen and oxygen atoms in total. The zero-order valence-electron chi connectivity index (χ0n) is 8.97. The molecule has 0 radical (unpaired) electrons. The summed E-state index contributed by atoms with van der Waals surface area (Å²) in [6.45, 7) is 0.348. The minimum absolute atomic E-state index is 0.348. The molecule has 0 aliphatic rings. The van der Waals surface area contributed by atoms with Gasteiger partial charge in [0, 0.05) is 5.56 Å². The minimum atomic E-state index is 0.348. The fourth-order valence-corrected chi connectivity index (χ4v) is 1.51. The molecule has 0 unspecified atom stereocenters. The van der Waals surface area contributed by atoms with Crippen LogP contribution in [0.25, 0.3) is 0 Å². The van der Waals surface area contributed by atoms with E-state index in [-0.39, 0.29) is 0 Å². The van der Waals surface area contributed by atoms with Crippen LogP contribution >= 0.6 is 11.6 Å². The maximum atomic E-state index is 10.5. The number of rotatable bonds is 4. The maximum absolute atomic E-state index is 10.5. The first-order valence-electron chi connectivity index (χ1n) is 5.07. The van der Waals surface area contributed by atoms with E-state index in [4.69, 9.17) is 16.3 Å². The summed E-state index contributed by atoms with van der Waals surface area (Å²) in [5.74, 6) is 0.692. The number of ether oxygens (including phenoxy) is 1. The summed E-state index contributed by atoms with van der Waals surface area (Å²) >= 11 is 5.76. The molecule has 0 N–H and O–H groups in total. The van der Waals surface area contributed by atoms with Crippen molar-refractivity contribution in [3.8, 4) is 5.75 Å². The van der Waals surface area contributed by atoms with Crippen molar-refractivity contribution in [1.82, 2.24) is 4.98 Å². The highest BCUT2D eigenvalue weighted by molar-refractivity contribution is 6.29. The molecule has 2 aromatic rings. The van der Waals surface area contributed by atoms with E-state index >= 15 is 0 Å². The van der Waals surface area contributed by atoms with Crippen molar-refractivity contribution in [3.05, 3.63) is 58.9 Å². The highest BCUT2D eigenvalue weighted by Gasteiger charge is 1.98. The smallest absolute Gasteiger partial charge is 0.150 e. The molecule has 0 saturated heterocycles. The molecule has 0 aliphatic heterocycles. The zero-order valence-corrected chi connectivity index (χ0v) is 9.72. The van der Waals surface area contributed by atoms with Crippen LogP contribution in [0.5, 0.6) is 5.75 Å². The monoisotopic (exact) mass is 247 g/mol. The lowest BCUT2D eigenvalue weighted by atomic mass is 10.2. The van der Waals surface area contributed by atoms with Crippen molar-refractivity contribution in [1.29, 1.82) is 0 Å². The van der Waals surface area contributed by atoms with E-state index in [0.717, 1.165) is 12.0 Å². The van der Waals surface area contributed by atoms with Crippen molar-refractivity contribution in [2.75, 3.05) is 0 Å². The van der Waals surface area contributed by atoms with Crippen molar-refractivity contribution < 1.29 is 9.53 Å². The molecular formula is C13H10ClNO2. The fraction of sp³-hybridized carbons (Fsp3) is 0.0769. The van der Waals surface area contributed by atoms with Crippen LogP contribution < -0.4 is 4.74 Å². The Bertz CT molecular complexity index is 511. The fourth-order valence-electron chi connectivity index (χ4n) is 1.33. The number of aromatic nitrogens is 1. The Morgan fingerprint density at radius 3 is 2.59 bits per heavy atom. The first-order valence-corrected chi connectivity index (χ1v) is 5.45. The van der Waals surface area contributed by atoms with E-state index in [0.29, 0.717) is 23.1 Å². The molecule has 1 aromatic heterocycles. The van der Waals surface area contributed by atoms with Crippen LogP contribution in [0.2, 0.25) is 5.15 Å². The summed E-state index contributed by atoms with van der Waals surface area (Å²) in [5.41, 5.74) is 1.38. The van der Waals surface area contributed by atoms with Gasteiger partial charge in [0.15, 0.2) is 0 Å². The van der Waals surface area contributed by atoms with Crippen LogP contribution in [-0.2, 0) is 6.61 Å². The Kier molecular flexibility index (Phi) is 3.73. The third kappa shape index (κ3) is 3.29. The van der Waals surface area contributed by atoms with Crippen LogP contribution in [-0.4, -0.2) is 11.3 Å². The van der Waals surface area contributed by atoms with Gasteiger partial charge in [0.05, 0.1) is 5.69 Å². The van der Waals surface area contributed by atoms with E-state index in [1.807, 2.05) is 12.1 Å². The van der Waals surface area contributed by atoms with Gasteiger partial charge in [0.2, 0.25) is 0 Å². The van der Waals surface area contributed by atoms with E-state index in [9.17, 15) is 4.79 Å². The van der Waals surface area contributed by atoms with Gasteiger partial charge in [0.1, 0.15) is 23.8 Å². The number of hydrogen-bond acceptors (Lipinski definition) is 3. The predicted octanol–water partition coefficient (Wildman–Crippen LogP) is 3.13. The molecule has 1 aromatic carbocycles. The van der Waals surface area contributed by atoms with E-state index in [2.05, 4.69) is 4.98 Å². The standard InChI is InChI=1S/C13H10ClNO2/c14-13-3-1-2-11(15-13)9-17-12-6-4-10(8-16)5-7-12/h1-8H,9H2.